The fourth-order valence-corrected chi connectivity index (χ4v) is 4.30. The number of sulfonamides is 1. The second-order valence-corrected chi connectivity index (χ2v) is 7.66. The Labute approximate surface area is 130 Å². The van der Waals surface area contributed by atoms with Gasteiger partial charge in [-0.2, -0.15) is 4.31 Å². The Kier molecular flexibility index (Phi) is 5.52. The van der Waals surface area contributed by atoms with E-state index in [4.69, 9.17) is 0 Å². The van der Waals surface area contributed by atoms with Crippen LogP contribution in [0.15, 0.2) is 46.7 Å². The molecule has 114 valence electrons. The van der Waals surface area contributed by atoms with E-state index >= 15 is 0 Å². The zero-order valence-corrected chi connectivity index (χ0v) is 13.9. The quantitative estimate of drug-likeness (QED) is 0.852. The Morgan fingerprint density at radius 3 is 2.43 bits per heavy atom. The monoisotopic (exact) mass is 324 g/mol. The van der Waals surface area contributed by atoms with Crippen molar-refractivity contribution in [1.29, 1.82) is 0 Å². The molecule has 0 atom stereocenters. The minimum Gasteiger partial charge on any atom is -0.316 e. The summed E-state index contributed by atoms with van der Waals surface area (Å²) in [5.41, 5.74) is 1.07. The van der Waals surface area contributed by atoms with Crippen LogP contribution in [0, 0.1) is 0 Å². The van der Waals surface area contributed by atoms with Gasteiger partial charge >= 0.3 is 0 Å². The van der Waals surface area contributed by atoms with Crippen molar-refractivity contribution < 1.29 is 8.42 Å². The van der Waals surface area contributed by atoms with E-state index < -0.39 is 10.0 Å². The van der Waals surface area contributed by atoms with Crippen molar-refractivity contribution in [2.75, 3.05) is 13.6 Å². The van der Waals surface area contributed by atoms with E-state index in [-0.39, 0.29) is 0 Å². The molecule has 2 aromatic rings. The molecule has 0 bridgehead atoms. The van der Waals surface area contributed by atoms with Crippen LogP contribution in [0.25, 0.3) is 0 Å². The molecule has 0 unspecified atom stereocenters. The van der Waals surface area contributed by atoms with E-state index in [0.29, 0.717) is 18.0 Å². The highest BCUT2D eigenvalue weighted by Crippen LogP contribution is 2.20. The summed E-state index contributed by atoms with van der Waals surface area (Å²) in [5, 5.41) is 5.01. The van der Waals surface area contributed by atoms with Crippen LogP contribution < -0.4 is 5.32 Å². The van der Waals surface area contributed by atoms with Crippen molar-refractivity contribution >= 4 is 21.4 Å². The molecule has 0 aliphatic heterocycles. The predicted molar refractivity (Wildman–Crippen MR) is 86.8 cm³/mol. The van der Waals surface area contributed by atoms with E-state index in [9.17, 15) is 8.42 Å². The van der Waals surface area contributed by atoms with E-state index in [1.54, 1.807) is 23.5 Å². The molecular weight excluding hydrogens is 304 g/mol. The van der Waals surface area contributed by atoms with Crippen molar-refractivity contribution in [1.82, 2.24) is 9.62 Å². The lowest BCUT2D eigenvalue weighted by Crippen LogP contribution is -2.30. The molecule has 0 saturated heterocycles. The largest absolute Gasteiger partial charge is 0.316 e. The first kappa shape index (κ1) is 16.2. The molecule has 0 saturated carbocycles. The van der Waals surface area contributed by atoms with Crippen LogP contribution in [-0.4, -0.2) is 26.3 Å². The van der Waals surface area contributed by atoms with E-state index in [1.165, 1.54) is 4.31 Å². The predicted octanol–water partition coefficient (Wildman–Crippen LogP) is 2.68. The lowest BCUT2D eigenvalue weighted by Gasteiger charge is -2.20. The smallest absolute Gasteiger partial charge is 0.243 e. The van der Waals surface area contributed by atoms with Crippen molar-refractivity contribution in [3.8, 4) is 0 Å². The fraction of sp³-hybridized carbons (Fsp3) is 0.333. The molecule has 0 amide bonds. The average molecular weight is 324 g/mol. The van der Waals surface area contributed by atoms with Crippen molar-refractivity contribution in [2.45, 2.75) is 24.9 Å². The van der Waals surface area contributed by atoms with Crippen LogP contribution >= 0.6 is 11.3 Å². The third kappa shape index (κ3) is 3.91. The molecule has 1 N–H and O–H groups in total. The molecule has 1 aromatic carbocycles. The molecule has 0 aliphatic rings. The van der Waals surface area contributed by atoms with Gasteiger partial charge in [-0.25, -0.2) is 8.42 Å². The van der Waals surface area contributed by atoms with Crippen molar-refractivity contribution in [3.05, 3.63) is 52.2 Å². The highest BCUT2D eigenvalue weighted by molar-refractivity contribution is 7.89. The molecule has 4 nitrogen and oxygen atoms in total. The Morgan fingerprint density at radius 2 is 1.90 bits per heavy atom. The SMILES string of the molecule is CCN(Cc1cccs1)S(=O)(=O)c1ccc(CNC)cc1. The first-order valence-electron chi connectivity index (χ1n) is 6.84. The number of benzene rings is 1. The van der Waals surface area contributed by atoms with Crippen LogP contribution in [-0.2, 0) is 23.1 Å². The molecule has 0 aliphatic carbocycles. The van der Waals surface area contributed by atoms with Gasteiger partial charge in [0.05, 0.1) is 4.90 Å². The van der Waals surface area contributed by atoms with Crippen molar-refractivity contribution in [3.63, 3.8) is 0 Å². The Morgan fingerprint density at radius 1 is 1.19 bits per heavy atom. The minimum atomic E-state index is -3.44. The van der Waals surface area contributed by atoms with Crippen LogP contribution in [0.1, 0.15) is 17.4 Å². The van der Waals surface area contributed by atoms with Gasteiger partial charge in [0, 0.05) is 24.5 Å². The lowest BCUT2D eigenvalue weighted by atomic mass is 10.2. The first-order valence-corrected chi connectivity index (χ1v) is 9.16. The van der Waals surface area contributed by atoms with Gasteiger partial charge in [-0.1, -0.05) is 25.1 Å². The third-order valence-corrected chi connectivity index (χ3v) is 6.00. The third-order valence-electron chi connectivity index (χ3n) is 3.21. The normalized spacial score (nSPS) is 12.0. The number of nitrogens with one attached hydrogen (secondary N) is 1. The zero-order valence-electron chi connectivity index (χ0n) is 12.2. The topological polar surface area (TPSA) is 49.4 Å². The van der Waals surface area contributed by atoms with Gasteiger partial charge in [-0.15, -0.1) is 11.3 Å². The lowest BCUT2D eigenvalue weighted by molar-refractivity contribution is 0.426. The molecule has 2 rings (SSSR count). The molecule has 6 heteroatoms. The molecule has 1 heterocycles. The summed E-state index contributed by atoms with van der Waals surface area (Å²) in [6.45, 7) is 3.47. The number of hydrogen-bond donors (Lipinski definition) is 1. The van der Waals surface area contributed by atoms with Gasteiger partial charge in [0.1, 0.15) is 0 Å². The maximum Gasteiger partial charge on any atom is 0.243 e. The summed E-state index contributed by atoms with van der Waals surface area (Å²) in [5.74, 6) is 0. The zero-order chi connectivity index (χ0) is 15.3. The van der Waals surface area contributed by atoms with Gasteiger partial charge in [0.2, 0.25) is 10.0 Å². The molecule has 0 spiro atoms. The van der Waals surface area contributed by atoms with E-state index in [0.717, 1.165) is 17.0 Å². The Balaban J connectivity index is 2.22. The van der Waals surface area contributed by atoms with E-state index in [2.05, 4.69) is 5.32 Å². The summed E-state index contributed by atoms with van der Waals surface area (Å²) in [6.07, 6.45) is 0. The highest BCUT2D eigenvalue weighted by Gasteiger charge is 2.23. The number of rotatable bonds is 7. The molecule has 0 radical (unpaired) electrons. The number of thiophene rings is 1. The van der Waals surface area contributed by atoms with Crippen LogP contribution in [0.2, 0.25) is 0 Å². The second-order valence-electron chi connectivity index (χ2n) is 4.68. The van der Waals surface area contributed by atoms with E-state index in [1.807, 2.05) is 43.6 Å². The standard InChI is InChI=1S/C15H20N2O2S2/c1-3-17(12-14-5-4-10-20-14)21(18,19)15-8-6-13(7-9-15)11-16-2/h4-10,16H,3,11-12H2,1-2H3. The van der Waals surface area contributed by atoms with Crippen LogP contribution in [0.3, 0.4) is 0 Å². The summed E-state index contributed by atoms with van der Waals surface area (Å²) in [6, 6.07) is 11.0. The average Bonchev–Trinajstić information content (AvgIpc) is 2.98. The molecular formula is C15H20N2O2S2. The van der Waals surface area contributed by atoms with Gasteiger partial charge in [0.25, 0.3) is 0 Å². The molecule has 1 aromatic heterocycles. The number of hydrogen-bond acceptors (Lipinski definition) is 4. The Hall–Kier alpha value is -1.21. The molecule has 0 fully saturated rings. The van der Waals surface area contributed by atoms with Gasteiger partial charge < -0.3 is 5.32 Å². The maximum absolute atomic E-state index is 12.7. The minimum absolute atomic E-state index is 0.348. The Bertz CT molecular complexity index is 649. The summed E-state index contributed by atoms with van der Waals surface area (Å²) in [7, 11) is -1.57. The van der Waals surface area contributed by atoms with Gasteiger partial charge in [-0.05, 0) is 36.2 Å². The number of nitrogens with zero attached hydrogens (tertiary/aromatic N) is 1. The summed E-state index contributed by atoms with van der Waals surface area (Å²) in [4.78, 5) is 1.40. The van der Waals surface area contributed by atoms with Gasteiger partial charge in [0.15, 0.2) is 0 Å². The summed E-state index contributed by atoms with van der Waals surface area (Å²) >= 11 is 1.57. The van der Waals surface area contributed by atoms with Crippen LogP contribution in [0.4, 0.5) is 0 Å². The fourth-order valence-electron chi connectivity index (χ4n) is 2.08. The highest BCUT2D eigenvalue weighted by atomic mass is 32.2. The molecule has 21 heavy (non-hydrogen) atoms. The first-order chi connectivity index (χ1) is 10.1. The van der Waals surface area contributed by atoms with Crippen molar-refractivity contribution in [2.24, 2.45) is 0 Å². The second kappa shape index (κ2) is 7.17. The summed E-state index contributed by atoms with van der Waals surface area (Å²) < 4.78 is 26.9. The van der Waals surface area contributed by atoms with Crippen LogP contribution in [0.5, 0.6) is 0 Å². The van der Waals surface area contributed by atoms with Gasteiger partial charge in [-0.3, -0.25) is 0 Å². The maximum atomic E-state index is 12.7.